The minimum atomic E-state index is -0.292. The number of hydrogen-bond acceptors (Lipinski definition) is 3. The van der Waals surface area contributed by atoms with Crippen LogP contribution in [0.25, 0.3) is 0 Å². The molecule has 1 N–H and O–H groups in total. The second-order valence-electron chi connectivity index (χ2n) is 5.02. The second-order valence-corrected chi connectivity index (χ2v) is 5.02. The van der Waals surface area contributed by atoms with Crippen LogP contribution in [0.4, 0.5) is 10.2 Å². The third-order valence-corrected chi connectivity index (χ3v) is 3.17. The summed E-state index contributed by atoms with van der Waals surface area (Å²) in [7, 11) is 3.67. The molecule has 4 nitrogen and oxygen atoms in total. The van der Waals surface area contributed by atoms with E-state index in [0.717, 1.165) is 5.56 Å². The van der Waals surface area contributed by atoms with Crippen molar-refractivity contribution in [1.29, 1.82) is 0 Å². The average molecular weight is 287 g/mol. The van der Waals surface area contributed by atoms with Crippen molar-refractivity contribution in [1.82, 2.24) is 10.3 Å². The lowest BCUT2D eigenvalue weighted by Crippen LogP contribution is -2.28. The maximum absolute atomic E-state index is 12.9. The van der Waals surface area contributed by atoms with E-state index in [4.69, 9.17) is 0 Å². The van der Waals surface area contributed by atoms with Gasteiger partial charge >= 0.3 is 0 Å². The first-order chi connectivity index (χ1) is 9.99. The normalized spacial score (nSPS) is 11.8. The topological polar surface area (TPSA) is 45.2 Å². The van der Waals surface area contributed by atoms with E-state index in [1.165, 1.54) is 12.1 Å². The van der Waals surface area contributed by atoms with Gasteiger partial charge in [0.05, 0.1) is 11.6 Å². The Balaban J connectivity index is 2.16. The van der Waals surface area contributed by atoms with Crippen molar-refractivity contribution in [2.24, 2.45) is 0 Å². The van der Waals surface area contributed by atoms with Crippen LogP contribution < -0.4 is 10.2 Å². The Morgan fingerprint density at radius 1 is 1.24 bits per heavy atom. The summed E-state index contributed by atoms with van der Waals surface area (Å²) in [6.45, 7) is 1.86. The third kappa shape index (κ3) is 3.56. The molecule has 1 atom stereocenters. The molecule has 0 unspecified atom stereocenters. The van der Waals surface area contributed by atoms with Crippen LogP contribution in [0, 0.1) is 5.82 Å². The molecule has 0 aliphatic carbocycles. The summed E-state index contributed by atoms with van der Waals surface area (Å²) in [5, 5.41) is 2.90. The zero-order valence-corrected chi connectivity index (χ0v) is 12.3. The fourth-order valence-corrected chi connectivity index (χ4v) is 2.04. The molecule has 1 aromatic heterocycles. The van der Waals surface area contributed by atoms with Crippen molar-refractivity contribution in [2.75, 3.05) is 19.0 Å². The Labute approximate surface area is 123 Å². The van der Waals surface area contributed by atoms with Crippen LogP contribution in [0.5, 0.6) is 0 Å². The van der Waals surface area contributed by atoms with E-state index in [1.54, 1.807) is 35.4 Å². The van der Waals surface area contributed by atoms with Crippen molar-refractivity contribution < 1.29 is 9.18 Å². The van der Waals surface area contributed by atoms with Gasteiger partial charge in [0.1, 0.15) is 11.6 Å². The lowest BCUT2D eigenvalue weighted by Gasteiger charge is -2.18. The van der Waals surface area contributed by atoms with Gasteiger partial charge in [0, 0.05) is 20.3 Å². The number of nitrogens with zero attached hydrogens (tertiary/aromatic N) is 2. The van der Waals surface area contributed by atoms with Crippen LogP contribution in [-0.4, -0.2) is 25.0 Å². The molecule has 110 valence electrons. The van der Waals surface area contributed by atoms with E-state index in [0.29, 0.717) is 11.4 Å². The number of pyridine rings is 1. The lowest BCUT2D eigenvalue weighted by atomic mass is 10.1. The minimum Gasteiger partial charge on any atom is -0.362 e. The van der Waals surface area contributed by atoms with E-state index in [9.17, 15) is 9.18 Å². The van der Waals surface area contributed by atoms with Gasteiger partial charge in [-0.1, -0.05) is 12.1 Å². The SMILES string of the molecule is C[C@@H](NC(=O)c1cccnc1N(C)C)c1ccc(F)cc1. The highest BCUT2D eigenvalue weighted by atomic mass is 19.1. The fraction of sp³-hybridized carbons (Fsp3) is 0.250. The molecule has 0 radical (unpaired) electrons. The maximum Gasteiger partial charge on any atom is 0.255 e. The predicted octanol–water partition coefficient (Wildman–Crippen LogP) is 2.78. The summed E-state index contributed by atoms with van der Waals surface area (Å²) < 4.78 is 12.9. The van der Waals surface area contributed by atoms with Crippen LogP contribution in [0.15, 0.2) is 42.6 Å². The highest BCUT2D eigenvalue weighted by Crippen LogP contribution is 2.17. The molecule has 0 fully saturated rings. The summed E-state index contributed by atoms with van der Waals surface area (Å²) in [6, 6.07) is 9.33. The predicted molar refractivity (Wildman–Crippen MR) is 80.8 cm³/mol. The van der Waals surface area contributed by atoms with Crippen LogP contribution in [0.2, 0.25) is 0 Å². The second kappa shape index (κ2) is 6.35. The van der Waals surface area contributed by atoms with Gasteiger partial charge in [0.25, 0.3) is 5.91 Å². The van der Waals surface area contributed by atoms with Gasteiger partial charge in [0.15, 0.2) is 0 Å². The van der Waals surface area contributed by atoms with Gasteiger partial charge in [-0.15, -0.1) is 0 Å². The van der Waals surface area contributed by atoms with E-state index >= 15 is 0 Å². The number of carbonyl (C=O) groups is 1. The molecule has 1 aromatic carbocycles. The number of anilines is 1. The number of rotatable bonds is 4. The van der Waals surface area contributed by atoms with Crippen molar-refractivity contribution in [2.45, 2.75) is 13.0 Å². The molecule has 0 saturated heterocycles. The number of hydrogen-bond donors (Lipinski definition) is 1. The molecule has 2 rings (SSSR count). The number of aromatic nitrogens is 1. The third-order valence-electron chi connectivity index (χ3n) is 3.17. The van der Waals surface area contributed by atoms with Crippen LogP contribution >= 0.6 is 0 Å². The first kappa shape index (κ1) is 15.0. The molecule has 0 spiro atoms. The van der Waals surface area contributed by atoms with Gasteiger partial charge in [-0.25, -0.2) is 9.37 Å². The first-order valence-electron chi connectivity index (χ1n) is 6.67. The lowest BCUT2D eigenvalue weighted by molar-refractivity contribution is 0.0940. The van der Waals surface area contributed by atoms with Gasteiger partial charge in [-0.05, 0) is 36.8 Å². The number of amides is 1. The zero-order valence-electron chi connectivity index (χ0n) is 12.3. The fourth-order valence-electron chi connectivity index (χ4n) is 2.04. The summed E-state index contributed by atoms with van der Waals surface area (Å²) in [5.74, 6) is 0.115. The number of carbonyl (C=O) groups excluding carboxylic acids is 1. The number of nitrogens with one attached hydrogen (secondary N) is 1. The van der Waals surface area contributed by atoms with Crippen LogP contribution in [0.1, 0.15) is 28.9 Å². The molecular formula is C16H18FN3O. The molecule has 0 aliphatic heterocycles. The molecule has 0 aliphatic rings. The molecule has 2 aromatic rings. The van der Waals surface area contributed by atoms with Crippen LogP contribution in [0.3, 0.4) is 0 Å². The quantitative estimate of drug-likeness (QED) is 0.940. The summed E-state index contributed by atoms with van der Waals surface area (Å²) in [4.78, 5) is 18.4. The van der Waals surface area contributed by atoms with Crippen LogP contribution in [-0.2, 0) is 0 Å². The molecular weight excluding hydrogens is 269 g/mol. The average Bonchev–Trinajstić information content (AvgIpc) is 2.47. The largest absolute Gasteiger partial charge is 0.362 e. The number of halogens is 1. The Kier molecular flexibility index (Phi) is 4.52. The molecule has 5 heteroatoms. The van der Waals surface area contributed by atoms with Crippen molar-refractivity contribution in [3.05, 3.63) is 59.5 Å². The molecule has 21 heavy (non-hydrogen) atoms. The zero-order chi connectivity index (χ0) is 15.4. The van der Waals surface area contributed by atoms with Gasteiger partial charge < -0.3 is 10.2 Å². The van der Waals surface area contributed by atoms with Gasteiger partial charge in [-0.2, -0.15) is 0 Å². The maximum atomic E-state index is 12.9. The Morgan fingerprint density at radius 3 is 2.52 bits per heavy atom. The highest BCUT2D eigenvalue weighted by molar-refractivity contribution is 5.99. The number of benzene rings is 1. The smallest absolute Gasteiger partial charge is 0.255 e. The van der Waals surface area contributed by atoms with Crippen molar-refractivity contribution >= 4 is 11.7 Å². The first-order valence-corrected chi connectivity index (χ1v) is 6.67. The van der Waals surface area contributed by atoms with Crippen molar-refractivity contribution in [3.8, 4) is 0 Å². The Morgan fingerprint density at radius 2 is 1.90 bits per heavy atom. The summed E-state index contributed by atoms with van der Waals surface area (Å²) >= 11 is 0. The molecule has 1 heterocycles. The van der Waals surface area contributed by atoms with E-state index in [2.05, 4.69) is 10.3 Å². The summed E-state index contributed by atoms with van der Waals surface area (Å²) in [5.41, 5.74) is 1.36. The molecule has 1 amide bonds. The minimum absolute atomic E-state index is 0.205. The van der Waals surface area contributed by atoms with E-state index in [-0.39, 0.29) is 17.8 Å². The highest BCUT2D eigenvalue weighted by Gasteiger charge is 2.16. The van der Waals surface area contributed by atoms with Crippen molar-refractivity contribution in [3.63, 3.8) is 0 Å². The van der Waals surface area contributed by atoms with Gasteiger partial charge in [0.2, 0.25) is 0 Å². The van der Waals surface area contributed by atoms with E-state index < -0.39 is 0 Å². The monoisotopic (exact) mass is 287 g/mol. The Hall–Kier alpha value is -2.43. The summed E-state index contributed by atoms with van der Waals surface area (Å²) in [6.07, 6.45) is 1.65. The molecule has 0 bridgehead atoms. The van der Waals surface area contributed by atoms with Gasteiger partial charge in [-0.3, -0.25) is 4.79 Å². The standard InChI is InChI=1S/C16H18FN3O/c1-11(12-6-8-13(17)9-7-12)19-16(21)14-5-4-10-18-15(14)20(2)3/h4-11H,1-3H3,(H,19,21)/t11-/m1/s1. The van der Waals surface area contributed by atoms with E-state index in [1.807, 2.05) is 21.0 Å². The Bertz CT molecular complexity index is 626. The molecule has 0 saturated carbocycles.